The third kappa shape index (κ3) is 6.59. The second-order valence-electron chi connectivity index (χ2n) is 7.54. The lowest BCUT2D eigenvalue weighted by molar-refractivity contribution is 0.217. The molecule has 0 radical (unpaired) electrons. The Bertz CT molecular complexity index is 935. The topological polar surface area (TPSA) is 45.2 Å². The number of nitrogens with one attached hydrogen (secondary N) is 1. The lowest BCUT2D eigenvalue weighted by Crippen LogP contribution is -2.36. The highest BCUT2D eigenvalue weighted by Gasteiger charge is 2.13. The van der Waals surface area contributed by atoms with Gasteiger partial charge in [-0.25, -0.2) is 4.79 Å². The molecule has 0 fully saturated rings. The monoisotopic (exact) mass is 399 g/mol. The lowest BCUT2D eigenvalue weighted by atomic mass is 10.0. The molecule has 154 valence electrons. The van der Waals surface area contributed by atoms with E-state index in [1.165, 1.54) is 5.56 Å². The molecule has 0 aliphatic carbocycles. The van der Waals surface area contributed by atoms with Gasteiger partial charge in [-0.1, -0.05) is 74.5 Å². The van der Waals surface area contributed by atoms with Gasteiger partial charge in [-0.3, -0.25) is 4.98 Å². The Morgan fingerprint density at radius 1 is 1.00 bits per heavy atom. The van der Waals surface area contributed by atoms with Crippen molar-refractivity contribution in [2.75, 3.05) is 18.4 Å². The number of carbonyl (C=O) groups is 1. The minimum atomic E-state index is -0.110. The van der Waals surface area contributed by atoms with Gasteiger partial charge in [-0.15, -0.1) is 0 Å². The van der Waals surface area contributed by atoms with Crippen molar-refractivity contribution in [1.29, 1.82) is 0 Å². The van der Waals surface area contributed by atoms with Gasteiger partial charge in [-0.2, -0.15) is 0 Å². The molecule has 1 heterocycles. The molecule has 0 saturated carbocycles. The van der Waals surface area contributed by atoms with E-state index in [0.717, 1.165) is 16.9 Å². The van der Waals surface area contributed by atoms with E-state index >= 15 is 0 Å². The number of anilines is 1. The minimum Gasteiger partial charge on any atom is -0.320 e. The number of benzene rings is 2. The second-order valence-corrected chi connectivity index (χ2v) is 7.54. The van der Waals surface area contributed by atoms with Crippen LogP contribution in [0.5, 0.6) is 0 Å². The second kappa shape index (κ2) is 11.0. The number of amides is 2. The molecular weight excluding hydrogens is 370 g/mol. The summed E-state index contributed by atoms with van der Waals surface area (Å²) in [4.78, 5) is 19.1. The first-order chi connectivity index (χ1) is 14.6. The Balaban J connectivity index is 1.66. The van der Waals surface area contributed by atoms with Gasteiger partial charge in [-0.05, 0) is 41.3 Å². The number of carbonyl (C=O) groups excluding carboxylic acids is 1. The first kappa shape index (κ1) is 21.3. The maximum atomic E-state index is 13.0. The van der Waals surface area contributed by atoms with Crippen LogP contribution in [0.25, 0.3) is 6.08 Å². The molecule has 0 unspecified atom stereocenters. The fraction of sp³-hybridized carbons (Fsp3) is 0.231. The molecule has 3 aromatic rings. The summed E-state index contributed by atoms with van der Waals surface area (Å²) in [5, 5.41) is 3.03. The number of urea groups is 1. The van der Waals surface area contributed by atoms with Gasteiger partial charge in [0.05, 0.1) is 0 Å². The van der Waals surface area contributed by atoms with E-state index in [2.05, 4.69) is 36.3 Å². The number of pyridine rings is 1. The number of rotatable bonds is 8. The Hall–Kier alpha value is -3.40. The molecule has 1 N–H and O–H groups in total. The van der Waals surface area contributed by atoms with Crippen LogP contribution in [0, 0.1) is 0 Å². The average molecular weight is 400 g/mol. The predicted octanol–water partition coefficient (Wildman–Crippen LogP) is 6.00. The summed E-state index contributed by atoms with van der Waals surface area (Å²) in [6.45, 7) is 5.43. The molecule has 0 saturated heterocycles. The van der Waals surface area contributed by atoms with E-state index in [4.69, 9.17) is 0 Å². The van der Waals surface area contributed by atoms with Crippen LogP contribution in [0.15, 0.2) is 85.1 Å². The van der Waals surface area contributed by atoms with Crippen LogP contribution < -0.4 is 5.32 Å². The molecule has 3 rings (SSSR count). The molecule has 0 atom stereocenters. The van der Waals surface area contributed by atoms with Crippen LogP contribution in [0.2, 0.25) is 0 Å². The van der Waals surface area contributed by atoms with Gasteiger partial charge >= 0.3 is 6.03 Å². The zero-order chi connectivity index (χ0) is 21.2. The van der Waals surface area contributed by atoms with Gasteiger partial charge < -0.3 is 10.2 Å². The molecule has 2 amide bonds. The standard InChI is InChI=1S/C26H29N3O/c1-21(2)23-13-15-25(16-14-23)28-26(30)29(20-17-24-12-6-7-18-27-24)19-8-11-22-9-4-3-5-10-22/h3-16,18,21H,17,19-20H2,1-2H3,(H,28,30)/b11-8+. The van der Waals surface area contributed by atoms with Crippen molar-refractivity contribution in [2.24, 2.45) is 0 Å². The first-order valence-corrected chi connectivity index (χ1v) is 10.4. The fourth-order valence-corrected chi connectivity index (χ4v) is 3.11. The van der Waals surface area contributed by atoms with E-state index in [9.17, 15) is 4.79 Å². The molecular formula is C26H29N3O. The number of hydrogen-bond acceptors (Lipinski definition) is 2. The zero-order valence-electron chi connectivity index (χ0n) is 17.7. The Morgan fingerprint density at radius 3 is 2.40 bits per heavy atom. The smallest absolute Gasteiger partial charge is 0.320 e. The quantitative estimate of drug-likeness (QED) is 0.505. The van der Waals surface area contributed by atoms with Crippen molar-refractivity contribution in [2.45, 2.75) is 26.2 Å². The van der Waals surface area contributed by atoms with E-state index in [0.29, 0.717) is 25.4 Å². The van der Waals surface area contributed by atoms with Crippen LogP contribution in [0.3, 0.4) is 0 Å². The molecule has 30 heavy (non-hydrogen) atoms. The normalized spacial score (nSPS) is 11.0. The summed E-state index contributed by atoms with van der Waals surface area (Å²) >= 11 is 0. The van der Waals surface area contributed by atoms with Crippen molar-refractivity contribution < 1.29 is 4.79 Å². The summed E-state index contributed by atoms with van der Waals surface area (Å²) in [5.41, 5.74) is 4.15. The third-order valence-electron chi connectivity index (χ3n) is 4.92. The molecule has 0 aliphatic rings. The Kier molecular flexibility index (Phi) is 7.78. The molecule has 4 heteroatoms. The summed E-state index contributed by atoms with van der Waals surface area (Å²) in [7, 11) is 0. The minimum absolute atomic E-state index is 0.110. The highest BCUT2D eigenvalue weighted by Crippen LogP contribution is 2.17. The average Bonchev–Trinajstić information content (AvgIpc) is 2.78. The molecule has 0 spiro atoms. The van der Waals surface area contributed by atoms with E-state index in [1.807, 2.05) is 77.7 Å². The highest BCUT2D eigenvalue weighted by molar-refractivity contribution is 5.89. The van der Waals surface area contributed by atoms with Crippen LogP contribution in [-0.4, -0.2) is 29.0 Å². The predicted molar refractivity (Wildman–Crippen MR) is 125 cm³/mol. The van der Waals surface area contributed by atoms with Crippen LogP contribution in [0.4, 0.5) is 10.5 Å². The zero-order valence-corrected chi connectivity index (χ0v) is 17.7. The van der Waals surface area contributed by atoms with E-state index in [1.54, 1.807) is 6.20 Å². The van der Waals surface area contributed by atoms with Crippen molar-refractivity contribution in [3.63, 3.8) is 0 Å². The number of aromatic nitrogens is 1. The molecule has 0 bridgehead atoms. The summed E-state index contributed by atoms with van der Waals surface area (Å²) in [6, 6.07) is 23.9. The Morgan fingerprint density at radius 2 is 1.73 bits per heavy atom. The maximum Gasteiger partial charge on any atom is 0.322 e. The molecule has 4 nitrogen and oxygen atoms in total. The molecule has 0 aliphatic heterocycles. The van der Waals surface area contributed by atoms with Crippen molar-refractivity contribution >= 4 is 17.8 Å². The number of hydrogen-bond donors (Lipinski definition) is 1. The van der Waals surface area contributed by atoms with E-state index < -0.39 is 0 Å². The van der Waals surface area contributed by atoms with Gasteiger partial charge in [0, 0.05) is 37.1 Å². The van der Waals surface area contributed by atoms with Gasteiger partial charge in [0.15, 0.2) is 0 Å². The summed E-state index contributed by atoms with van der Waals surface area (Å²) in [6.07, 6.45) is 6.55. The number of nitrogens with zero attached hydrogens (tertiary/aromatic N) is 2. The SMILES string of the molecule is CC(C)c1ccc(NC(=O)N(C/C=C/c2ccccc2)CCc2ccccn2)cc1. The largest absolute Gasteiger partial charge is 0.322 e. The lowest BCUT2D eigenvalue weighted by Gasteiger charge is -2.22. The third-order valence-corrected chi connectivity index (χ3v) is 4.92. The van der Waals surface area contributed by atoms with Crippen LogP contribution >= 0.6 is 0 Å². The van der Waals surface area contributed by atoms with E-state index in [-0.39, 0.29) is 6.03 Å². The molecule has 1 aromatic heterocycles. The van der Waals surface area contributed by atoms with Gasteiger partial charge in [0.25, 0.3) is 0 Å². The maximum absolute atomic E-state index is 13.0. The highest BCUT2D eigenvalue weighted by atomic mass is 16.2. The van der Waals surface area contributed by atoms with Crippen LogP contribution in [-0.2, 0) is 6.42 Å². The molecule has 2 aromatic carbocycles. The van der Waals surface area contributed by atoms with Crippen LogP contribution in [0.1, 0.15) is 36.6 Å². The first-order valence-electron chi connectivity index (χ1n) is 10.4. The van der Waals surface area contributed by atoms with Crippen molar-refractivity contribution in [3.8, 4) is 0 Å². The Labute approximate surface area is 179 Å². The van der Waals surface area contributed by atoms with Gasteiger partial charge in [0.1, 0.15) is 0 Å². The van der Waals surface area contributed by atoms with Crippen molar-refractivity contribution in [1.82, 2.24) is 9.88 Å². The fourth-order valence-electron chi connectivity index (χ4n) is 3.11. The summed E-state index contributed by atoms with van der Waals surface area (Å²) in [5.74, 6) is 0.466. The summed E-state index contributed by atoms with van der Waals surface area (Å²) < 4.78 is 0. The van der Waals surface area contributed by atoms with Gasteiger partial charge in [0.2, 0.25) is 0 Å². The van der Waals surface area contributed by atoms with Crippen molar-refractivity contribution in [3.05, 3.63) is 102 Å².